The summed E-state index contributed by atoms with van der Waals surface area (Å²) >= 11 is 0. The molecule has 1 fully saturated rings. The number of rotatable bonds is 4. The van der Waals surface area contributed by atoms with Crippen LogP contribution in [0, 0.1) is 0 Å². The van der Waals surface area contributed by atoms with Crippen LogP contribution >= 0.6 is 0 Å². The van der Waals surface area contributed by atoms with Gasteiger partial charge in [-0.2, -0.15) is 0 Å². The van der Waals surface area contributed by atoms with Crippen LogP contribution in [0.25, 0.3) is 0 Å². The summed E-state index contributed by atoms with van der Waals surface area (Å²) in [6.45, 7) is 3.22. The normalized spacial score (nSPS) is 22.8. The number of anilines is 1. The highest BCUT2D eigenvalue weighted by atomic mass is 16.5. The minimum absolute atomic E-state index is 0.0894. The molecule has 124 valence electrons. The highest BCUT2D eigenvalue weighted by Crippen LogP contribution is 2.48. The van der Waals surface area contributed by atoms with Gasteiger partial charge in [0.25, 0.3) is 0 Å². The fourth-order valence-corrected chi connectivity index (χ4v) is 3.77. The molecular weight excluding hydrogens is 292 g/mol. The van der Waals surface area contributed by atoms with Crippen molar-refractivity contribution in [2.75, 3.05) is 32.1 Å². The topological polar surface area (TPSA) is 49.9 Å². The number of fused-ring (bicyclic) bond motifs is 2. The van der Waals surface area contributed by atoms with Gasteiger partial charge < -0.3 is 14.5 Å². The number of carbonyl (C=O) groups excluding carboxylic acids is 2. The first-order chi connectivity index (χ1) is 11.0. The molecule has 0 aromatic heterocycles. The number of hydrogen-bond acceptors (Lipinski definition) is 3. The molecule has 2 heterocycles. The van der Waals surface area contributed by atoms with E-state index in [4.69, 9.17) is 4.74 Å². The third-order valence-corrected chi connectivity index (χ3v) is 5.16. The molecule has 0 radical (unpaired) electrons. The summed E-state index contributed by atoms with van der Waals surface area (Å²) in [6.07, 6.45) is 3.17. The van der Waals surface area contributed by atoms with Crippen LogP contribution in [0.5, 0.6) is 5.75 Å². The van der Waals surface area contributed by atoms with Gasteiger partial charge >= 0.3 is 0 Å². The second-order valence-electron chi connectivity index (χ2n) is 6.50. The zero-order valence-corrected chi connectivity index (χ0v) is 14.1. The lowest BCUT2D eigenvalue weighted by atomic mass is 9.81. The van der Waals surface area contributed by atoms with E-state index in [0.29, 0.717) is 25.9 Å². The van der Waals surface area contributed by atoms with Crippen LogP contribution in [-0.4, -0.2) is 44.0 Å². The average Bonchev–Trinajstić information content (AvgIpc) is 3.11. The van der Waals surface area contributed by atoms with Gasteiger partial charge in [0.15, 0.2) is 0 Å². The Morgan fingerprint density at radius 1 is 1.39 bits per heavy atom. The first kappa shape index (κ1) is 15.8. The fraction of sp³-hybridized carbons (Fsp3) is 0.556. The van der Waals surface area contributed by atoms with Crippen molar-refractivity contribution in [2.45, 2.75) is 38.0 Å². The van der Waals surface area contributed by atoms with Crippen LogP contribution in [0.1, 0.15) is 38.2 Å². The van der Waals surface area contributed by atoms with Gasteiger partial charge in [-0.05, 0) is 36.6 Å². The zero-order valence-electron chi connectivity index (χ0n) is 14.1. The van der Waals surface area contributed by atoms with Crippen LogP contribution in [0.2, 0.25) is 0 Å². The number of benzene rings is 1. The van der Waals surface area contributed by atoms with Crippen LogP contribution in [0.4, 0.5) is 5.69 Å². The van der Waals surface area contributed by atoms with E-state index in [2.05, 4.69) is 6.92 Å². The molecule has 3 rings (SSSR count). The molecule has 1 aromatic carbocycles. The fourth-order valence-electron chi connectivity index (χ4n) is 3.77. The van der Waals surface area contributed by atoms with Crippen molar-refractivity contribution < 1.29 is 14.3 Å². The molecule has 2 amide bonds. The Morgan fingerprint density at radius 3 is 2.87 bits per heavy atom. The number of amides is 2. The van der Waals surface area contributed by atoms with E-state index in [0.717, 1.165) is 29.8 Å². The van der Waals surface area contributed by atoms with Gasteiger partial charge in [0.1, 0.15) is 5.75 Å². The van der Waals surface area contributed by atoms with Gasteiger partial charge in [-0.1, -0.05) is 13.3 Å². The van der Waals surface area contributed by atoms with E-state index < -0.39 is 5.41 Å². The molecule has 5 nitrogen and oxygen atoms in total. The summed E-state index contributed by atoms with van der Waals surface area (Å²) in [4.78, 5) is 28.8. The maximum absolute atomic E-state index is 12.9. The lowest BCUT2D eigenvalue weighted by molar-refractivity contribution is -0.130. The number of methoxy groups -OCH3 is 1. The van der Waals surface area contributed by atoms with Gasteiger partial charge in [-0.3, -0.25) is 9.59 Å². The summed E-state index contributed by atoms with van der Waals surface area (Å²) in [5.74, 6) is 1.00. The molecule has 0 aliphatic carbocycles. The Labute approximate surface area is 137 Å². The van der Waals surface area contributed by atoms with E-state index in [-0.39, 0.29) is 11.8 Å². The maximum Gasteiger partial charge on any atom is 0.239 e. The average molecular weight is 316 g/mol. The summed E-state index contributed by atoms with van der Waals surface area (Å²) in [5, 5.41) is 0. The van der Waals surface area contributed by atoms with E-state index in [1.807, 2.05) is 30.1 Å². The van der Waals surface area contributed by atoms with Gasteiger partial charge in [0, 0.05) is 32.2 Å². The van der Waals surface area contributed by atoms with Crippen LogP contribution in [0.3, 0.4) is 0 Å². The molecule has 5 heteroatoms. The Bertz CT molecular complexity index is 643. The Morgan fingerprint density at radius 2 is 2.17 bits per heavy atom. The second kappa shape index (κ2) is 5.87. The second-order valence-corrected chi connectivity index (χ2v) is 6.50. The highest BCUT2D eigenvalue weighted by Gasteiger charge is 2.54. The predicted octanol–water partition coefficient (Wildman–Crippen LogP) is 2.33. The molecule has 23 heavy (non-hydrogen) atoms. The first-order valence-electron chi connectivity index (χ1n) is 8.28. The van der Waals surface area contributed by atoms with Gasteiger partial charge in [-0.15, -0.1) is 0 Å². The molecule has 1 saturated heterocycles. The van der Waals surface area contributed by atoms with Crippen molar-refractivity contribution in [3.05, 3.63) is 23.8 Å². The maximum atomic E-state index is 12.9. The SMILES string of the molecule is CCCCC(=O)N1CCC2(C1)C(=O)N(C)c1ccc(OC)cc12. The van der Waals surface area contributed by atoms with E-state index >= 15 is 0 Å². The number of likely N-dealkylation sites (N-methyl/N-ethyl adjacent to an activating group) is 1. The molecule has 0 saturated carbocycles. The molecule has 0 bridgehead atoms. The lowest BCUT2D eigenvalue weighted by Crippen LogP contribution is -2.42. The number of nitrogens with zero attached hydrogens (tertiary/aromatic N) is 2. The van der Waals surface area contributed by atoms with Gasteiger partial charge in [0.05, 0.1) is 12.5 Å². The highest BCUT2D eigenvalue weighted by molar-refractivity contribution is 6.08. The van der Waals surface area contributed by atoms with E-state index in [9.17, 15) is 9.59 Å². The van der Waals surface area contributed by atoms with Crippen LogP contribution in [0.15, 0.2) is 18.2 Å². The molecule has 1 aromatic rings. The third-order valence-electron chi connectivity index (χ3n) is 5.16. The third kappa shape index (κ3) is 2.38. The number of carbonyl (C=O) groups is 2. The van der Waals surface area contributed by atoms with E-state index in [1.54, 1.807) is 12.0 Å². The monoisotopic (exact) mass is 316 g/mol. The largest absolute Gasteiger partial charge is 0.497 e. The molecule has 0 N–H and O–H groups in total. The number of ether oxygens (including phenoxy) is 1. The zero-order chi connectivity index (χ0) is 16.6. The Kier molecular flexibility index (Phi) is 4.04. The van der Waals surface area contributed by atoms with Gasteiger partial charge in [0.2, 0.25) is 11.8 Å². The number of likely N-dealkylation sites (tertiary alicyclic amines) is 1. The lowest BCUT2D eigenvalue weighted by Gasteiger charge is -2.23. The Balaban J connectivity index is 1.91. The molecule has 2 aliphatic rings. The molecule has 2 aliphatic heterocycles. The van der Waals surface area contributed by atoms with Crippen LogP contribution < -0.4 is 9.64 Å². The first-order valence-corrected chi connectivity index (χ1v) is 8.28. The summed E-state index contributed by atoms with van der Waals surface area (Å²) in [5.41, 5.74) is 1.33. The minimum atomic E-state index is -0.597. The summed E-state index contributed by atoms with van der Waals surface area (Å²) in [7, 11) is 3.44. The van der Waals surface area contributed by atoms with Crippen molar-refractivity contribution in [3.63, 3.8) is 0 Å². The summed E-state index contributed by atoms with van der Waals surface area (Å²) < 4.78 is 5.33. The van der Waals surface area contributed by atoms with Crippen molar-refractivity contribution in [2.24, 2.45) is 0 Å². The molecule has 1 unspecified atom stereocenters. The summed E-state index contributed by atoms with van der Waals surface area (Å²) in [6, 6.07) is 5.76. The van der Waals surface area contributed by atoms with E-state index in [1.165, 1.54) is 0 Å². The minimum Gasteiger partial charge on any atom is -0.497 e. The molecular formula is C18H24N2O3. The smallest absolute Gasteiger partial charge is 0.239 e. The van der Waals surface area contributed by atoms with Gasteiger partial charge in [-0.25, -0.2) is 0 Å². The van der Waals surface area contributed by atoms with Crippen molar-refractivity contribution in [1.82, 2.24) is 4.90 Å². The van der Waals surface area contributed by atoms with Crippen molar-refractivity contribution in [3.8, 4) is 5.75 Å². The predicted molar refractivity (Wildman–Crippen MR) is 88.8 cm³/mol. The number of hydrogen-bond donors (Lipinski definition) is 0. The number of unbranched alkanes of at least 4 members (excludes halogenated alkanes) is 1. The van der Waals surface area contributed by atoms with Crippen molar-refractivity contribution in [1.29, 1.82) is 0 Å². The van der Waals surface area contributed by atoms with Crippen LogP contribution in [-0.2, 0) is 15.0 Å². The molecule has 1 spiro atoms. The standard InChI is InChI=1S/C18H24N2O3/c1-4-5-6-16(21)20-10-9-18(12-20)14-11-13(23-3)7-8-15(14)19(2)17(18)22/h7-8,11H,4-6,9-10,12H2,1-3H3. The quantitative estimate of drug-likeness (QED) is 0.856. The Hall–Kier alpha value is -2.04. The van der Waals surface area contributed by atoms with Crippen molar-refractivity contribution >= 4 is 17.5 Å². The molecule has 1 atom stereocenters.